The van der Waals surface area contributed by atoms with Crippen LogP contribution in [0.5, 0.6) is 5.75 Å². The van der Waals surface area contributed by atoms with Crippen LogP contribution in [0.3, 0.4) is 0 Å². The maximum atomic E-state index is 12.1. The monoisotopic (exact) mass is 271 g/mol. The molecule has 2 rings (SSSR count). The third-order valence-corrected chi connectivity index (χ3v) is 1.96. The van der Waals surface area contributed by atoms with Crippen molar-refractivity contribution in [1.82, 2.24) is 15.2 Å². The van der Waals surface area contributed by atoms with Crippen molar-refractivity contribution in [2.24, 2.45) is 0 Å². The second-order valence-electron chi connectivity index (χ2n) is 3.39. The van der Waals surface area contributed by atoms with E-state index < -0.39 is 6.36 Å². The van der Waals surface area contributed by atoms with Crippen LogP contribution in [0.1, 0.15) is 5.82 Å². The molecule has 9 heteroatoms. The summed E-state index contributed by atoms with van der Waals surface area (Å²) in [5, 5.41) is 15.8. The fourth-order valence-corrected chi connectivity index (χ4v) is 1.29. The lowest BCUT2D eigenvalue weighted by Crippen LogP contribution is -2.17. The summed E-state index contributed by atoms with van der Waals surface area (Å²) >= 11 is 0. The zero-order chi connectivity index (χ0) is 13.9. The number of halogens is 3. The van der Waals surface area contributed by atoms with Gasteiger partial charge in [-0.05, 0) is 12.1 Å². The Bertz CT molecular complexity index is 581. The Morgan fingerprint density at radius 1 is 1.37 bits per heavy atom. The van der Waals surface area contributed by atoms with Crippen LogP contribution in [0, 0.1) is 5.41 Å². The zero-order valence-corrected chi connectivity index (χ0v) is 9.32. The van der Waals surface area contributed by atoms with Crippen LogP contribution in [0.4, 0.5) is 24.8 Å². The first-order valence-electron chi connectivity index (χ1n) is 5.02. The number of nitrogens with zero attached hydrogens (tertiary/aromatic N) is 2. The van der Waals surface area contributed by atoms with Gasteiger partial charge in [-0.3, -0.25) is 5.10 Å². The second-order valence-corrected chi connectivity index (χ2v) is 3.39. The predicted octanol–water partition coefficient (Wildman–Crippen LogP) is 2.44. The summed E-state index contributed by atoms with van der Waals surface area (Å²) in [7, 11) is 0. The summed E-state index contributed by atoms with van der Waals surface area (Å²) in [6, 6.07) is 5.27. The summed E-state index contributed by atoms with van der Waals surface area (Å²) in [6.07, 6.45) is -3.78. The lowest BCUT2D eigenvalue weighted by Gasteiger charge is -2.09. The topological polar surface area (TPSA) is 86.7 Å². The molecule has 6 nitrogen and oxygen atoms in total. The third kappa shape index (κ3) is 3.69. The Morgan fingerprint density at radius 2 is 2.16 bits per heavy atom. The van der Waals surface area contributed by atoms with Gasteiger partial charge in [-0.1, -0.05) is 6.07 Å². The van der Waals surface area contributed by atoms with Gasteiger partial charge in [0.15, 0.2) is 5.82 Å². The standard InChI is InChI=1S/C10H8F3N5O/c11-10(12,13)19-7-3-1-2-6(4-7)15-9-16-8(5-14)17-18-9/h1-5,14H,(H2,15,16,17,18). The number of ether oxygens (including phenoxy) is 1. The summed E-state index contributed by atoms with van der Waals surface area (Å²) in [4.78, 5) is 3.84. The van der Waals surface area contributed by atoms with Crippen LogP contribution >= 0.6 is 0 Å². The molecule has 1 aromatic heterocycles. The summed E-state index contributed by atoms with van der Waals surface area (Å²) in [5.74, 6) is 0.0215. The lowest BCUT2D eigenvalue weighted by molar-refractivity contribution is -0.274. The van der Waals surface area contributed by atoms with Gasteiger partial charge in [0.2, 0.25) is 5.95 Å². The molecule has 0 aliphatic carbocycles. The highest BCUT2D eigenvalue weighted by Crippen LogP contribution is 2.25. The van der Waals surface area contributed by atoms with E-state index in [1.807, 2.05) is 0 Å². The van der Waals surface area contributed by atoms with Crippen LogP contribution in [-0.2, 0) is 0 Å². The van der Waals surface area contributed by atoms with Gasteiger partial charge in [0, 0.05) is 11.8 Å². The van der Waals surface area contributed by atoms with Crippen molar-refractivity contribution in [2.75, 3.05) is 5.32 Å². The highest BCUT2D eigenvalue weighted by atomic mass is 19.4. The van der Waals surface area contributed by atoms with E-state index in [2.05, 4.69) is 25.2 Å². The Labute approximate surface area is 105 Å². The Kier molecular flexibility index (Phi) is 3.36. The van der Waals surface area contributed by atoms with E-state index in [-0.39, 0.29) is 17.5 Å². The summed E-state index contributed by atoms with van der Waals surface area (Å²) < 4.78 is 39.9. The number of hydrogen-bond acceptors (Lipinski definition) is 5. The highest BCUT2D eigenvalue weighted by Gasteiger charge is 2.31. The molecular formula is C10H8F3N5O. The maximum absolute atomic E-state index is 12.1. The van der Waals surface area contributed by atoms with Crippen molar-refractivity contribution in [2.45, 2.75) is 6.36 Å². The quantitative estimate of drug-likeness (QED) is 0.745. The van der Waals surface area contributed by atoms with E-state index in [0.717, 1.165) is 12.3 Å². The Hall–Kier alpha value is -2.58. The van der Waals surface area contributed by atoms with Crippen LogP contribution in [0.2, 0.25) is 0 Å². The molecule has 0 saturated carbocycles. The molecule has 19 heavy (non-hydrogen) atoms. The van der Waals surface area contributed by atoms with E-state index in [4.69, 9.17) is 5.41 Å². The number of H-pyrrole nitrogens is 1. The molecule has 2 aromatic rings. The van der Waals surface area contributed by atoms with Gasteiger partial charge in [0.1, 0.15) is 5.75 Å². The molecule has 0 saturated heterocycles. The lowest BCUT2D eigenvalue weighted by atomic mass is 10.3. The average molecular weight is 271 g/mol. The molecule has 0 fully saturated rings. The number of aromatic nitrogens is 3. The van der Waals surface area contributed by atoms with Crippen molar-refractivity contribution >= 4 is 17.9 Å². The van der Waals surface area contributed by atoms with Crippen LogP contribution in [0.25, 0.3) is 0 Å². The molecule has 0 unspecified atom stereocenters. The largest absolute Gasteiger partial charge is 0.573 e. The first kappa shape index (κ1) is 12.9. The fraction of sp³-hybridized carbons (Fsp3) is 0.100. The van der Waals surface area contributed by atoms with Gasteiger partial charge in [0.25, 0.3) is 0 Å². The van der Waals surface area contributed by atoms with Crippen LogP contribution in [-0.4, -0.2) is 27.8 Å². The number of rotatable bonds is 4. The van der Waals surface area contributed by atoms with Crippen molar-refractivity contribution in [1.29, 1.82) is 5.41 Å². The van der Waals surface area contributed by atoms with E-state index in [9.17, 15) is 13.2 Å². The third-order valence-electron chi connectivity index (χ3n) is 1.96. The number of anilines is 2. The van der Waals surface area contributed by atoms with Gasteiger partial charge in [-0.15, -0.1) is 18.3 Å². The molecular weight excluding hydrogens is 263 g/mol. The van der Waals surface area contributed by atoms with Crippen LogP contribution in [0.15, 0.2) is 24.3 Å². The van der Waals surface area contributed by atoms with E-state index in [0.29, 0.717) is 5.69 Å². The molecule has 0 spiro atoms. The first-order valence-corrected chi connectivity index (χ1v) is 5.02. The van der Waals surface area contributed by atoms with E-state index in [1.54, 1.807) is 0 Å². The highest BCUT2D eigenvalue weighted by molar-refractivity contribution is 5.72. The first-order chi connectivity index (χ1) is 8.96. The maximum Gasteiger partial charge on any atom is 0.573 e. The number of aromatic amines is 1. The molecule has 3 N–H and O–H groups in total. The minimum atomic E-state index is -4.74. The van der Waals surface area contributed by atoms with Gasteiger partial charge >= 0.3 is 6.36 Å². The molecule has 0 aliphatic heterocycles. The predicted molar refractivity (Wildman–Crippen MR) is 60.7 cm³/mol. The second kappa shape index (κ2) is 4.96. The number of nitrogens with one attached hydrogen (secondary N) is 3. The average Bonchev–Trinajstić information content (AvgIpc) is 2.75. The molecule has 1 aromatic carbocycles. The van der Waals surface area contributed by atoms with Crippen molar-refractivity contribution in [3.63, 3.8) is 0 Å². The number of alkyl halides is 3. The van der Waals surface area contributed by atoms with Gasteiger partial charge in [0.05, 0.1) is 6.21 Å². The number of hydrogen-bond donors (Lipinski definition) is 3. The molecule has 0 amide bonds. The molecule has 0 radical (unpaired) electrons. The molecule has 0 atom stereocenters. The normalized spacial score (nSPS) is 11.1. The molecule has 1 heterocycles. The van der Waals surface area contributed by atoms with Gasteiger partial charge in [-0.2, -0.15) is 4.98 Å². The molecule has 0 aliphatic rings. The zero-order valence-electron chi connectivity index (χ0n) is 9.32. The summed E-state index contributed by atoms with van der Waals surface area (Å²) in [5.41, 5.74) is 0.331. The number of benzene rings is 1. The Balaban J connectivity index is 2.12. The Morgan fingerprint density at radius 3 is 2.79 bits per heavy atom. The molecule has 0 bridgehead atoms. The van der Waals surface area contributed by atoms with E-state index in [1.165, 1.54) is 18.2 Å². The smallest absolute Gasteiger partial charge is 0.406 e. The summed E-state index contributed by atoms with van der Waals surface area (Å²) in [6.45, 7) is 0. The van der Waals surface area contributed by atoms with Crippen molar-refractivity contribution in [3.8, 4) is 5.75 Å². The minimum Gasteiger partial charge on any atom is -0.406 e. The van der Waals surface area contributed by atoms with Crippen LogP contribution < -0.4 is 10.1 Å². The van der Waals surface area contributed by atoms with Gasteiger partial charge < -0.3 is 15.5 Å². The van der Waals surface area contributed by atoms with Crippen molar-refractivity contribution < 1.29 is 17.9 Å². The van der Waals surface area contributed by atoms with E-state index >= 15 is 0 Å². The SMILES string of the molecule is N=Cc1nc(Nc2cccc(OC(F)(F)F)c2)n[nH]1. The molecule has 100 valence electrons. The minimum absolute atomic E-state index is 0.141. The van der Waals surface area contributed by atoms with Gasteiger partial charge in [-0.25, -0.2) is 0 Å². The fourth-order valence-electron chi connectivity index (χ4n) is 1.29. The van der Waals surface area contributed by atoms with Crippen molar-refractivity contribution in [3.05, 3.63) is 30.1 Å².